The number of rotatable bonds is 3. The zero-order valence-corrected chi connectivity index (χ0v) is 22.9. The Morgan fingerprint density at radius 1 is 0.375 bits per heavy atom. The minimum absolute atomic E-state index is 0.596. The van der Waals surface area contributed by atoms with Crippen LogP contribution in [-0.4, -0.2) is 0 Å². The van der Waals surface area contributed by atoms with Crippen LogP contribution in [0.1, 0.15) is 19.4 Å². The quantitative estimate of drug-likeness (QED) is 0.164. The summed E-state index contributed by atoms with van der Waals surface area (Å²) in [5.41, 5.74) is 4.06. The summed E-state index contributed by atoms with van der Waals surface area (Å²) in [4.78, 5) is 0. The van der Waals surface area contributed by atoms with Gasteiger partial charge >= 0.3 is 0 Å². The van der Waals surface area contributed by atoms with Gasteiger partial charge in [-0.1, -0.05) is 123 Å². The Balaban J connectivity index is 1.42. The van der Waals surface area contributed by atoms with Gasteiger partial charge in [0.2, 0.25) is 0 Å². The smallest absolute Gasteiger partial charge is 0.00960 e. The Morgan fingerprint density at radius 3 is 1.62 bits per heavy atom. The van der Waals surface area contributed by atoms with Gasteiger partial charge in [-0.25, -0.2) is 0 Å². The molecular formula is C40H30. The van der Waals surface area contributed by atoms with Gasteiger partial charge in [0.15, 0.2) is 0 Å². The van der Waals surface area contributed by atoms with Gasteiger partial charge in [-0.2, -0.15) is 0 Å². The van der Waals surface area contributed by atoms with Gasteiger partial charge in [0.1, 0.15) is 0 Å². The lowest BCUT2D eigenvalue weighted by molar-refractivity contribution is 0.653. The maximum atomic E-state index is 2.41. The molecule has 0 aromatic heterocycles. The lowest BCUT2D eigenvalue weighted by Crippen LogP contribution is -1.97. The zero-order valence-electron chi connectivity index (χ0n) is 22.9. The van der Waals surface area contributed by atoms with Crippen molar-refractivity contribution in [3.05, 3.63) is 133 Å². The molecule has 0 heteroatoms. The minimum Gasteiger partial charge on any atom is -0.0625 e. The molecule has 0 aliphatic carbocycles. The van der Waals surface area contributed by atoms with Crippen molar-refractivity contribution in [2.24, 2.45) is 5.92 Å². The Labute approximate surface area is 234 Å². The molecule has 0 unspecified atom stereocenters. The van der Waals surface area contributed by atoms with Gasteiger partial charge < -0.3 is 0 Å². The highest BCUT2D eigenvalue weighted by Crippen LogP contribution is 2.41. The first-order valence-electron chi connectivity index (χ1n) is 14.4. The van der Waals surface area contributed by atoms with Gasteiger partial charge in [-0.05, 0) is 112 Å². The molecule has 0 saturated heterocycles. The van der Waals surface area contributed by atoms with E-state index in [9.17, 15) is 0 Å². The van der Waals surface area contributed by atoms with Crippen LogP contribution in [0.4, 0.5) is 0 Å². The molecule has 8 aromatic rings. The summed E-state index contributed by atoms with van der Waals surface area (Å²) in [5.74, 6) is 0.596. The highest BCUT2D eigenvalue weighted by molar-refractivity contribution is 6.20. The highest BCUT2D eigenvalue weighted by atomic mass is 14.2. The van der Waals surface area contributed by atoms with Crippen LogP contribution >= 0.6 is 0 Å². The molecule has 0 atom stereocenters. The number of hydrogen-bond donors (Lipinski definition) is 0. The van der Waals surface area contributed by atoms with Gasteiger partial charge in [0, 0.05) is 0 Å². The fraction of sp³-hybridized carbons (Fsp3) is 0.100. The molecule has 0 heterocycles. The second-order valence-corrected chi connectivity index (χ2v) is 11.6. The molecule has 0 bridgehead atoms. The van der Waals surface area contributed by atoms with Crippen molar-refractivity contribution < 1.29 is 0 Å². The van der Waals surface area contributed by atoms with Gasteiger partial charge in [0.25, 0.3) is 0 Å². The van der Waals surface area contributed by atoms with E-state index in [4.69, 9.17) is 0 Å². The van der Waals surface area contributed by atoms with Gasteiger partial charge in [-0.3, -0.25) is 0 Å². The lowest BCUT2D eigenvalue weighted by Gasteiger charge is -2.17. The van der Waals surface area contributed by atoms with E-state index in [-0.39, 0.29) is 0 Å². The minimum atomic E-state index is 0.596. The van der Waals surface area contributed by atoms with E-state index in [1.54, 1.807) is 0 Å². The molecule has 0 fully saturated rings. The molecule has 0 saturated carbocycles. The van der Waals surface area contributed by atoms with Crippen LogP contribution in [0.5, 0.6) is 0 Å². The third-order valence-corrected chi connectivity index (χ3v) is 8.66. The fourth-order valence-corrected chi connectivity index (χ4v) is 6.88. The Hall–Kier alpha value is -4.68. The Morgan fingerprint density at radius 2 is 0.900 bits per heavy atom. The fourth-order valence-electron chi connectivity index (χ4n) is 6.88. The van der Waals surface area contributed by atoms with Crippen molar-refractivity contribution in [3.63, 3.8) is 0 Å². The maximum Gasteiger partial charge on any atom is -0.00960 e. The van der Waals surface area contributed by atoms with Crippen LogP contribution in [0.2, 0.25) is 0 Å². The predicted octanol–water partition coefficient (Wildman–Crippen LogP) is 11.5. The van der Waals surface area contributed by atoms with Crippen LogP contribution in [0.3, 0.4) is 0 Å². The third-order valence-electron chi connectivity index (χ3n) is 8.66. The van der Waals surface area contributed by atoms with Gasteiger partial charge in [0.05, 0.1) is 0 Å². The van der Waals surface area contributed by atoms with Crippen molar-refractivity contribution in [2.45, 2.75) is 20.3 Å². The summed E-state index contributed by atoms with van der Waals surface area (Å²) in [5, 5.41) is 15.9. The second kappa shape index (κ2) is 8.93. The molecule has 0 aliphatic rings. The number of hydrogen-bond acceptors (Lipinski definition) is 0. The summed E-state index contributed by atoms with van der Waals surface area (Å²) in [6, 6.07) is 47.6. The Kier molecular flexibility index (Phi) is 5.19. The molecule has 0 nitrogen and oxygen atoms in total. The van der Waals surface area contributed by atoms with E-state index < -0.39 is 0 Å². The van der Waals surface area contributed by atoms with Crippen LogP contribution in [0.25, 0.3) is 75.8 Å². The topological polar surface area (TPSA) is 0 Å². The summed E-state index contributed by atoms with van der Waals surface area (Å²) in [7, 11) is 0. The molecule has 0 N–H and O–H groups in total. The van der Waals surface area contributed by atoms with Crippen LogP contribution in [0.15, 0.2) is 127 Å². The van der Waals surface area contributed by atoms with Crippen molar-refractivity contribution >= 4 is 64.6 Å². The van der Waals surface area contributed by atoms with Crippen LogP contribution in [0, 0.1) is 5.92 Å². The third kappa shape index (κ3) is 3.53. The maximum absolute atomic E-state index is 2.41. The normalized spacial score (nSPS) is 12.1. The van der Waals surface area contributed by atoms with Crippen molar-refractivity contribution in [1.82, 2.24) is 0 Å². The molecule has 0 aliphatic heterocycles. The monoisotopic (exact) mass is 510 g/mol. The SMILES string of the molecule is CC(C)Cc1c2ccccc2cc2c1ccc1c(-c3cccc4c3ccc3cc5ccccc5cc34)cccc12. The average Bonchev–Trinajstić information content (AvgIpc) is 2.99. The van der Waals surface area contributed by atoms with Crippen molar-refractivity contribution in [2.75, 3.05) is 0 Å². The summed E-state index contributed by atoms with van der Waals surface area (Å²) in [6.45, 7) is 4.64. The Bertz CT molecular complexity index is 2270. The van der Waals surface area contributed by atoms with Gasteiger partial charge in [-0.15, -0.1) is 0 Å². The number of fused-ring (bicyclic) bond motifs is 8. The largest absolute Gasteiger partial charge is 0.0625 e. The van der Waals surface area contributed by atoms with Crippen LogP contribution < -0.4 is 0 Å². The van der Waals surface area contributed by atoms with E-state index in [0.717, 1.165) is 6.42 Å². The molecular weight excluding hydrogens is 480 g/mol. The van der Waals surface area contributed by atoms with Crippen molar-refractivity contribution in [1.29, 1.82) is 0 Å². The zero-order chi connectivity index (χ0) is 26.8. The summed E-state index contributed by atoms with van der Waals surface area (Å²) >= 11 is 0. The van der Waals surface area contributed by atoms with Crippen LogP contribution in [-0.2, 0) is 6.42 Å². The standard InChI is InChI=1S/C40H30/c1-25(2)21-39-30-12-6-5-11-28(30)24-40-34-16-8-14-32(36(34)19-20-37(39)40)31-13-7-15-33-35(31)18-17-29-22-26-9-3-4-10-27(26)23-38(29)33/h3-20,22-25H,21H2,1-2H3. The molecule has 0 amide bonds. The highest BCUT2D eigenvalue weighted by Gasteiger charge is 2.15. The molecule has 40 heavy (non-hydrogen) atoms. The average molecular weight is 511 g/mol. The molecule has 0 radical (unpaired) electrons. The molecule has 190 valence electrons. The molecule has 8 aromatic carbocycles. The molecule has 8 rings (SSSR count). The van der Waals surface area contributed by atoms with E-state index >= 15 is 0 Å². The first-order valence-corrected chi connectivity index (χ1v) is 14.4. The van der Waals surface area contributed by atoms with E-state index in [0.29, 0.717) is 5.92 Å². The predicted molar refractivity (Wildman–Crippen MR) is 175 cm³/mol. The second-order valence-electron chi connectivity index (χ2n) is 11.6. The molecule has 0 spiro atoms. The van der Waals surface area contributed by atoms with E-state index in [2.05, 4.69) is 141 Å². The van der Waals surface area contributed by atoms with E-state index in [1.807, 2.05) is 0 Å². The number of benzene rings is 8. The lowest BCUT2D eigenvalue weighted by atomic mass is 9.87. The summed E-state index contributed by atoms with van der Waals surface area (Å²) in [6.07, 6.45) is 1.08. The van der Waals surface area contributed by atoms with Crippen molar-refractivity contribution in [3.8, 4) is 11.1 Å². The summed E-state index contributed by atoms with van der Waals surface area (Å²) < 4.78 is 0. The van der Waals surface area contributed by atoms with E-state index in [1.165, 1.54) is 81.3 Å². The first kappa shape index (κ1) is 23.2. The first-order chi connectivity index (χ1) is 19.7.